The predicted octanol–water partition coefficient (Wildman–Crippen LogP) is 5.96. The lowest BCUT2D eigenvalue weighted by molar-refractivity contribution is -0.127. The van der Waals surface area contributed by atoms with Gasteiger partial charge in [0.15, 0.2) is 6.61 Å². The van der Waals surface area contributed by atoms with Gasteiger partial charge in [0.1, 0.15) is 12.3 Å². The van der Waals surface area contributed by atoms with Gasteiger partial charge in [0.25, 0.3) is 17.1 Å². The number of carbonyl (C=O) groups is 4. The van der Waals surface area contributed by atoms with Gasteiger partial charge in [0.2, 0.25) is 5.91 Å². The first-order valence-corrected chi connectivity index (χ1v) is 13.2. The quantitative estimate of drug-likeness (QED) is 0.328. The molecule has 0 aliphatic carbocycles. The molecule has 4 rings (SSSR count). The maximum absolute atomic E-state index is 12.8. The summed E-state index contributed by atoms with van der Waals surface area (Å²) in [5, 5.41) is 5.42. The topological polar surface area (TPSA) is 105 Å². The summed E-state index contributed by atoms with van der Waals surface area (Å²) in [7, 11) is 0. The van der Waals surface area contributed by atoms with E-state index in [9.17, 15) is 19.2 Å². The molecule has 1 aliphatic heterocycles. The molecule has 3 aromatic rings. The monoisotopic (exact) mass is 563 g/mol. The molecule has 0 spiro atoms. The number of nitrogens with zero attached hydrogens (tertiary/aromatic N) is 1. The molecule has 0 unspecified atom stereocenters. The van der Waals surface area contributed by atoms with Crippen molar-refractivity contribution < 1.29 is 23.9 Å². The fourth-order valence-electron chi connectivity index (χ4n) is 3.63. The Kier molecular flexibility index (Phi) is 8.73. The molecule has 8 nitrogen and oxygen atoms in total. The minimum absolute atomic E-state index is 0.165. The fraction of sp³-hybridized carbons (Fsp3) is 0.172. The Morgan fingerprint density at radius 3 is 2.18 bits per heavy atom. The summed E-state index contributed by atoms with van der Waals surface area (Å²) in [5.74, 6) is -0.874. The van der Waals surface area contributed by atoms with E-state index in [4.69, 9.17) is 16.3 Å². The van der Waals surface area contributed by atoms with Gasteiger partial charge in [-0.2, -0.15) is 0 Å². The molecule has 1 aliphatic rings. The molecule has 3 aromatic carbocycles. The van der Waals surface area contributed by atoms with Crippen LogP contribution in [0.1, 0.15) is 22.3 Å². The molecule has 10 heteroatoms. The van der Waals surface area contributed by atoms with E-state index in [0.717, 1.165) is 33.4 Å². The van der Waals surface area contributed by atoms with E-state index in [1.807, 2.05) is 39.0 Å². The van der Waals surface area contributed by atoms with E-state index in [2.05, 4.69) is 10.6 Å². The number of amides is 4. The number of rotatable bonds is 8. The van der Waals surface area contributed by atoms with Gasteiger partial charge >= 0.3 is 0 Å². The van der Waals surface area contributed by atoms with Gasteiger partial charge in [-0.15, -0.1) is 0 Å². The van der Waals surface area contributed by atoms with E-state index in [1.54, 1.807) is 48.5 Å². The Bertz CT molecular complexity index is 1490. The smallest absolute Gasteiger partial charge is 0.294 e. The highest BCUT2D eigenvalue weighted by molar-refractivity contribution is 8.18. The van der Waals surface area contributed by atoms with Crippen molar-refractivity contribution >= 4 is 63.8 Å². The second-order valence-corrected chi connectivity index (χ2v) is 10.4. The van der Waals surface area contributed by atoms with Crippen molar-refractivity contribution in [2.45, 2.75) is 20.8 Å². The number of imide groups is 1. The number of halogens is 1. The highest BCUT2D eigenvalue weighted by Gasteiger charge is 2.36. The molecule has 1 fully saturated rings. The van der Waals surface area contributed by atoms with E-state index in [-0.39, 0.29) is 17.4 Å². The lowest BCUT2D eigenvalue weighted by atomic mass is 10.1. The molecule has 0 saturated carbocycles. The van der Waals surface area contributed by atoms with Crippen LogP contribution in [0.15, 0.2) is 65.6 Å². The normalized spacial score (nSPS) is 14.1. The fourth-order valence-corrected chi connectivity index (χ4v) is 4.65. The highest BCUT2D eigenvalue weighted by Crippen LogP contribution is 2.32. The first kappa shape index (κ1) is 27.9. The van der Waals surface area contributed by atoms with Gasteiger partial charge in [-0.05, 0) is 97.3 Å². The van der Waals surface area contributed by atoms with Crippen LogP contribution in [-0.4, -0.2) is 41.0 Å². The molecule has 1 saturated heterocycles. The van der Waals surface area contributed by atoms with Crippen molar-refractivity contribution in [3.63, 3.8) is 0 Å². The van der Waals surface area contributed by atoms with Crippen molar-refractivity contribution in [3.05, 3.63) is 92.8 Å². The Morgan fingerprint density at radius 2 is 1.51 bits per heavy atom. The summed E-state index contributed by atoms with van der Waals surface area (Å²) in [5.41, 5.74) is 4.92. The Morgan fingerprint density at radius 1 is 0.872 bits per heavy atom. The summed E-state index contributed by atoms with van der Waals surface area (Å²) >= 11 is 6.85. The average Bonchev–Trinajstić information content (AvgIpc) is 3.15. The summed E-state index contributed by atoms with van der Waals surface area (Å²) in [6, 6.07) is 17.5. The second-order valence-electron chi connectivity index (χ2n) is 8.98. The summed E-state index contributed by atoms with van der Waals surface area (Å²) in [6.45, 7) is 5.24. The van der Waals surface area contributed by atoms with Crippen LogP contribution in [0.4, 0.5) is 16.2 Å². The highest BCUT2D eigenvalue weighted by atomic mass is 35.5. The van der Waals surface area contributed by atoms with Crippen molar-refractivity contribution in [1.29, 1.82) is 0 Å². The van der Waals surface area contributed by atoms with Crippen LogP contribution in [-0.2, 0) is 14.4 Å². The summed E-state index contributed by atoms with van der Waals surface area (Å²) in [4.78, 5) is 50.9. The lowest BCUT2D eigenvalue weighted by Gasteiger charge is -2.13. The lowest BCUT2D eigenvalue weighted by Crippen LogP contribution is -2.36. The molecule has 4 amide bonds. The van der Waals surface area contributed by atoms with E-state index < -0.39 is 23.6 Å². The van der Waals surface area contributed by atoms with Gasteiger partial charge in [0, 0.05) is 16.4 Å². The SMILES string of the molecule is Cc1ccc(NC(=O)COc2ccc(/C=C3\SC(=O)N(CC(=O)Nc4ccc(C)c(Cl)c4)C3=O)cc2)cc1C. The first-order valence-electron chi connectivity index (χ1n) is 12.0. The van der Waals surface area contributed by atoms with Crippen LogP contribution in [0.2, 0.25) is 5.02 Å². The number of ether oxygens (including phenoxy) is 1. The third kappa shape index (κ3) is 7.28. The molecule has 39 heavy (non-hydrogen) atoms. The molecular formula is C29H26ClN3O5S. The predicted molar refractivity (Wildman–Crippen MR) is 154 cm³/mol. The van der Waals surface area contributed by atoms with Gasteiger partial charge in [-0.3, -0.25) is 24.1 Å². The summed E-state index contributed by atoms with van der Waals surface area (Å²) in [6.07, 6.45) is 1.57. The number of anilines is 2. The number of thioether (sulfide) groups is 1. The zero-order valence-electron chi connectivity index (χ0n) is 21.5. The molecule has 0 radical (unpaired) electrons. The molecule has 1 heterocycles. The van der Waals surface area contributed by atoms with Crippen LogP contribution in [0.25, 0.3) is 6.08 Å². The number of benzene rings is 3. The molecular weight excluding hydrogens is 538 g/mol. The third-order valence-corrected chi connectivity index (χ3v) is 7.28. The first-order chi connectivity index (χ1) is 18.6. The number of hydrogen-bond donors (Lipinski definition) is 2. The minimum atomic E-state index is -0.551. The molecule has 0 aromatic heterocycles. The number of carbonyl (C=O) groups excluding carboxylic acids is 4. The van der Waals surface area contributed by atoms with E-state index in [0.29, 0.717) is 27.7 Å². The van der Waals surface area contributed by atoms with E-state index in [1.165, 1.54) is 0 Å². The zero-order valence-corrected chi connectivity index (χ0v) is 23.1. The average molecular weight is 564 g/mol. The Labute approximate surface area is 235 Å². The van der Waals surface area contributed by atoms with Crippen LogP contribution < -0.4 is 15.4 Å². The van der Waals surface area contributed by atoms with Gasteiger partial charge in [0.05, 0.1) is 4.91 Å². The number of hydrogen-bond acceptors (Lipinski definition) is 6. The number of aryl methyl sites for hydroxylation is 3. The second kappa shape index (κ2) is 12.2. The molecule has 0 bridgehead atoms. The van der Waals surface area contributed by atoms with E-state index >= 15 is 0 Å². The van der Waals surface area contributed by atoms with Gasteiger partial charge in [-0.25, -0.2) is 0 Å². The van der Waals surface area contributed by atoms with Crippen LogP contribution in [0.5, 0.6) is 5.75 Å². The van der Waals surface area contributed by atoms with Crippen LogP contribution in [0.3, 0.4) is 0 Å². The van der Waals surface area contributed by atoms with Crippen LogP contribution >= 0.6 is 23.4 Å². The largest absolute Gasteiger partial charge is 0.484 e. The Balaban J connectivity index is 1.31. The maximum Gasteiger partial charge on any atom is 0.294 e. The number of nitrogens with one attached hydrogen (secondary N) is 2. The molecule has 200 valence electrons. The molecule has 2 N–H and O–H groups in total. The van der Waals surface area contributed by atoms with Crippen LogP contribution in [0, 0.1) is 20.8 Å². The van der Waals surface area contributed by atoms with Gasteiger partial charge < -0.3 is 15.4 Å². The standard InChI is InChI=1S/C29H26ClN3O5S/c1-17-4-8-21(12-19(17)3)32-27(35)16-38-23-10-6-20(7-11-23)13-25-28(36)33(29(37)39-25)15-26(34)31-22-9-5-18(2)24(30)14-22/h4-14H,15-16H2,1-3H3,(H,31,34)(H,32,35)/b25-13-. The zero-order chi connectivity index (χ0) is 28.1. The third-order valence-electron chi connectivity index (χ3n) is 5.97. The molecule has 0 atom stereocenters. The van der Waals surface area contributed by atoms with Gasteiger partial charge in [-0.1, -0.05) is 35.9 Å². The summed E-state index contributed by atoms with van der Waals surface area (Å²) < 4.78 is 5.56. The minimum Gasteiger partial charge on any atom is -0.484 e. The van der Waals surface area contributed by atoms with Crippen molar-refractivity contribution in [3.8, 4) is 5.75 Å². The van der Waals surface area contributed by atoms with Crippen molar-refractivity contribution in [1.82, 2.24) is 4.90 Å². The Hall–Kier alpha value is -4.08. The maximum atomic E-state index is 12.8. The van der Waals surface area contributed by atoms with Crippen molar-refractivity contribution in [2.24, 2.45) is 0 Å². The van der Waals surface area contributed by atoms with Crippen molar-refractivity contribution in [2.75, 3.05) is 23.8 Å².